The molecule has 2 aromatic carbocycles. The van der Waals surface area contributed by atoms with Crippen LogP contribution in [-0.2, 0) is 40.8 Å². The van der Waals surface area contributed by atoms with Gasteiger partial charge in [-0.05, 0) is 93.1 Å². The summed E-state index contributed by atoms with van der Waals surface area (Å²) in [6.45, 7) is 8.07. The molecule has 2 aliphatic rings. The van der Waals surface area contributed by atoms with Gasteiger partial charge >= 0.3 is 6.29 Å². The summed E-state index contributed by atoms with van der Waals surface area (Å²) in [7, 11) is -3.60. The Labute approximate surface area is 350 Å². The predicted molar refractivity (Wildman–Crippen MR) is 220 cm³/mol. The second-order valence-electron chi connectivity index (χ2n) is 14.3. The number of carbonyl (C=O) groups is 4. The summed E-state index contributed by atoms with van der Waals surface area (Å²) in [6.07, 6.45) is -0.997. The highest BCUT2D eigenvalue weighted by molar-refractivity contribution is 7.91. The van der Waals surface area contributed by atoms with Crippen LogP contribution in [0.2, 0.25) is 0 Å². The van der Waals surface area contributed by atoms with Crippen LogP contribution in [0.3, 0.4) is 0 Å². The Bertz CT molecular complexity index is 2400. The number of halogens is 2. The minimum Gasteiger partial charge on any atom is -0.395 e. The monoisotopic (exact) mass is 865 g/mol. The first-order chi connectivity index (χ1) is 28.6. The third-order valence-electron chi connectivity index (χ3n) is 9.86. The zero-order valence-corrected chi connectivity index (χ0v) is 34.7. The second-order valence-corrected chi connectivity index (χ2v) is 17.8. The van der Waals surface area contributed by atoms with Gasteiger partial charge in [-0.1, -0.05) is 30.8 Å². The summed E-state index contributed by atoms with van der Waals surface area (Å²) < 4.78 is 67.7. The number of pyridine rings is 1. The number of benzene rings is 2. The number of alkyl halides is 2. The van der Waals surface area contributed by atoms with Crippen LogP contribution in [0.1, 0.15) is 56.9 Å². The molecule has 1 saturated carbocycles. The molecule has 0 atom stereocenters. The molecule has 3 heterocycles. The van der Waals surface area contributed by atoms with Crippen LogP contribution < -0.4 is 30.7 Å². The van der Waals surface area contributed by atoms with Crippen LogP contribution in [0.25, 0.3) is 11.3 Å². The number of hydrogen-bond donors (Lipinski definition) is 4. The number of aryl methyl sites for hydroxylation is 3. The van der Waals surface area contributed by atoms with Crippen LogP contribution >= 0.6 is 11.3 Å². The summed E-state index contributed by atoms with van der Waals surface area (Å²) in [4.78, 5) is 56.7. The van der Waals surface area contributed by atoms with Gasteiger partial charge in [0, 0.05) is 46.9 Å². The number of rotatable bonds is 20. The summed E-state index contributed by atoms with van der Waals surface area (Å²) in [5.74, 6) is -1.35. The minimum atomic E-state index is -3.76. The molecule has 1 fully saturated rings. The number of aromatic nitrogens is 1. The highest BCUT2D eigenvalue weighted by Crippen LogP contribution is 2.52. The Hall–Kier alpha value is -5.72. The van der Waals surface area contributed by atoms with Gasteiger partial charge in [-0.3, -0.25) is 19.2 Å². The van der Waals surface area contributed by atoms with E-state index >= 15 is 0 Å². The third-order valence-corrected chi connectivity index (χ3v) is 13.0. The quantitative estimate of drug-likeness (QED) is 0.0663. The molecule has 0 unspecified atom stereocenters. The van der Waals surface area contributed by atoms with Crippen molar-refractivity contribution in [3.63, 3.8) is 0 Å². The Morgan fingerprint density at radius 1 is 0.933 bits per heavy atom. The van der Waals surface area contributed by atoms with Crippen LogP contribution in [0.5, 0.6) is 11.5 Å². The normalized spacial score (nSPS) is 14.5. The number of fused-ring (bicyclic) bond motifs is 1. The molecule has 4 aromatic rings. The van der Waals surface area contributed by atoms with Gasteiger partial charge < -0.3 is 35.5 Å². The van der Waals surface area contributed by atoms with E-state index in [1.54, 1.807) is 48.5 Å². The van der Waals surface area contributed by atoms with E-state index in [-0.39, 0.29) is 97.9 Å². The average molecular weight is 866 g/mol. The van der Waals surface area contributed by atoms with Crippen LogP contribution in [-0.4, -0.2) is 81.9 Å². The van der Waals surface area contributed by atoms with E-state index in [0.29, 0.717) is 45.9 Å². The molecular formula is C42H45F2N5O9S2. The summed E-state index contributed by atoms with van der Waals surface area (Å²) in [5, 5.41) is 11.0. The zero-order chi connectivity index (χ0) is 43.1. The molecule has 0 bridgehead atoms. The summed E-state index contributed by atoms with van der Waals surface area (Å²) >= 11 is 1.34. The lowest BCUT2D eigenvalue weighted by Gasteiger charge is -2.17. The first kappa shape index (κ1) is 43.8. The SMILES string of the molecule is C=CC(=O)NCCCS(=O)(=O)c1cc(C)sc1CCC(=O)NCCOCCNC(=O)c1cccc(-c2nc(NC(=O)C3(c4ccc5c(c4)OC(F)(F)O5)CC3)ccc2C)c1. The van der Waals surface area contributed by atoms with Crippen molar-refractivity contribution in [1.82, 2.24) is 20.9 Å². The Kier molecular flexibility index (Phi) is 13.7. The van der Waals surface area contributed by atoms with Gasteiger partial charge in [0.2, 0.25) is 17.7 Å². The largest absolute Gasteiger partial charge is 0.586 e. The van der Waals surface area contributed by atoms with Crippen LogP contribution in [0, 0.1) is 13.8 Å². The molecular weight excluding hydrogens is 821 g/mol. The van der Waals surface area contributed by atoms with E-state index in [1.807, 2.05) is 13.8 Å². The second kappa shape index (κ2) is 18.7. The molecule has 318 valence electrons. The number of nitrogens with zero attached hydrogens (tertiary/aromatic N) is 1. The van der Waals surface area contributed by atoms with Crippen LogP contribution in [0.4, 0.5) is 14.6 Å². The van der Waals surface area contributed by atoms with Gasteiger partial charge in [0.25, 0.3) is 5.91 Å². The fraction of sp³-hybridized carbons (Fsp3) is 0.357. The Balaban J connectivity index is 0.921. The van der Waals surface area contributed by atoms with E-state index in [2.05, 4.69) is 42.3 Å². The molecule has 0 radical (unpaired) electrons. The lowest BCUT2D eigenvalue weighted by Crippen LogP contribution is -2.30. The van der Waals surface area contributed by atoms with Gasteiger partial charge in [0.05, 0.1) is 35.0 Å². The van der Waals surface area contributed by atoms with E-state index in [1.165, 1.54) is 23.5 Å². The fourth-order valence-corrected chi connectivity index (χ4v) is 9.66. The van der Waals surface area contributed by atoms with Crippen molar-refractivity contribution in [2.24, 2.45) is 0 Å². The number of thiophene rings is 1. The van der Waals surface area contributed by atoms with Gasteiger partial charge in [-0.2, -0.15) is 0 Å². The van der Waals surface area contributed by atoms with Gasteiger partial charge in [-0.15, -0.1) is 20.1 Å². The van der Waals surface area contributed by atoms with Gasteiger partial charge in [0.1, 0.15) is 5.82 Å². The molecule has 1 aliphatic carbocycles. The molecule has 14 nitrogen and oxygen atoms in total. The third kappa shape index (κ3) is 10.9. The number of sulfone groups is 1. The first-order valence-electron chi connectivity index (χ1n) is 19.2. The van der Waals surface area contributed by atoms with Crippen molar-refractivity contribution in [3.8, 4) is 22.8 Å². The van der Waals surface area contributed by atoms with E-state index < -0.39 is 21.5 Å². The summed E-state index contributed by atoms with van der Waals surface area (Å²) in [6, 6.07) is 16.3. The lowest BCUT2D eigenvalue weighted by molar-refractivity contribution is -0.286. The Morgan fingerprint density at radius 2 is 1.68 bits per heavy atom. The molecule has 0 saturated heterocycles. The molecule has 4 amide bonds. The number of carbonyl (C=O) groups excluding carboxylic acids is 4. The number of hydrogen-bond acceptors (Lipinski definition) is 11. The number of amides is 4. The maximum absolute atomic E-state index is 13.6. The van der Waals surface area contributed by atoms with Crippen molar-refractivity contribution < 1.29 is 50.6 Å². The molecule has 2 aromatic heterocycles. The highest BCUT2D eigenvalue weighted by Gasteiger charge is 2.53. The molecule has 18 heteroatoms. The smallest absolute Gasteiger partial charge is 0.395 e. The standard InChI is InChI=1S/C42H45F2N5O9S2/c1-4-36(50)45-17-6-22-60(54,55)34-23-27(3)59-33(34)12-14-37(51)46-18-20-56-21-19-47-39(52)29-8-5-7-28(24-29)38-26(2)9-13-35(48-38)49-40(53)41(15-16-41)30-10-11-31-32(25-30)58-42(43,44)57-31/h4-5,7-11,13,23-25H,1,6,12,14-22H2,2-3H3,(H,45,50)(H,46,51)(H,47,52)(H,48,49,53). The van der Waals surface area contributed by atoms with E-state index in [4.69, 9.17) is 4.74 Å². The van der Waals surface area contributed by atoms with Gasteiger partial charge in [0.15, 0.2) is 21.3 Å². The number of ether oxygens (including phenoxy) is 3. The van der Waals surface area contributed by atoms with Gasteiger partial charge in [-0.25, -0.2) is 13.4 Å². The number of anilines is 1. The average Bonchev–Trinajstić information content (AvgIpc) is 3.85. The summed E-state index contributed by atoms with van der Waals surface area (Å²) in [5.41, 5.74) is 2.02. The van der Waals surface area contributed by atoms with Crippen LogP contribution in [0.15, 0.2) is 78.2 Å². The van der Waals surface area contributed by atoms with Crippen molar-refractivity contribution in [2.45, 2.75) is 62.6 Å². The maximum Gasteiger partial charge on any atom is 0.586 e. The van der Waals surface area contributed by atoms with Crippen molar-refractivity contribution >= 4 is 50.6 Å². The zero-order valence-electron chi connectivity index (χ0n) is 33.0. The topological polar surface area (TPSA) is 191 Å². The number of nitrogens with one attached hydrogen (secondary N) is 4. The minimum absolute atomic E-state index is 0.0947. The van der Waals surface area contributed by atoms with Crippen molar-refractivity contribution in [3.05, 3.63) is 99.8 Å². The molecule has 0 spiro atoms. The fourth-order valence-electron chi connectivity index (χ4n) is 6.60. The maximum atomic E-state index is 13.6. The molecule has 60 heavy (non-hydrogen) atoms. The van der Waals surface area contributed by atoms with E-state index in [9.17, 15) is 36.4 Å². The van der Waals surface area contributed by atoms with Crippen molar-refractivity contribution in [2.75, 3.05) is 43.9 Å². The lowest BCUT2D eigenvalue weighted by atomic mass is 9.94. The predicted octanol–water partition coefficient (Wildman–Crippen LogP) is 5.38. The molecule has 1 aliphatic heterocycles. The van der Waals surface area contributed by atoms with Crippen molar-refractivity contribution in [1.29, 1.82) is 0 Å². The molecule has 6 rings (SSSR count). The first-order valence-corrected chi connectivity index (χ1v) is 21.7. The molecule has 4 N–H and O–H groups in total. The van der Waals surface area contributed by atoms with E-state index in [0.717, 1.165) is 16.5 Å². The highest BCUT2D eigenvalue weighted by atomic mass is 32.2. The Morgan fingerprint density at radius 3 is 2.43 bits per heavy atom.